The van der Waals surface area contributed by atoms with E-state index in [2.05, 4.69) is 0 Å². The highest BCUT2D eigenvalue weighted by molar-refractivity contribution is 7.93. The molecule has 33 heavy (non-hydrogen) atoms. The molecule has 6 nitrogen and oxygen atoms in total. The number of carbonyl (C=O) groups is 2. The second-order valence-electron chi connectivity index (χ2n) is 7.52. The zero-order valence-corrected chi connectivity index (χ0v) is 19.8. The average Bonchev–Trinajstić information content (AvgIpc) is 3.13. The molecule has 3 aromatic rings. The van der Waals surface area contributed by atoms with Crippen LogP contribution in [-0.2, 0) is 19.6 Å². The smallest absolute Gasteiger partial charge is 0.306 e. The first-order valence-corrected chi connectivity index (χ1v) is 12.2. The molecule has 2 unspecified atom stereocenters. The first-order chi connectivity index (χ1) is 15.7. The second kappa shape index (κ2) is 9.17. The van der Waals surface area contributed by atoms with Gasteiger partial charge < -0.3 is 4.74 Å². The van der Waals surface area contributed by atoms with Crippen LogP contribution in [0.4, 0.5) is 5.69 Å². The van der Waals surface area contributed by atoms with Crippen molar-refractivity contribution in [2.45, 2.75) is 23.3 Å². The van der Waals surface area contributed by atoms with E-state index in [9.17, 15) is 18.0 Å². The third-order valence-electron chi connectivity index (χ3n) is 5.57. The molecule has 4 rings (SSSR count). The third-order valence-corrected chi connectivity index (χ3v) is 7.87. The Bertz CT molecular complexity index is 1310. The quantitative estimate of drug-likeness (QED) is 0.345. The summed E-state index contributed by atoms with van der Waals surface area (Å²) in [5, 5.41) is 0.742. The number of nitrogens with zero attached hydrogens (tertiary/aromatic N) is 1. The topological polar surface area (TPSA) is 80.8 Å². The molecule has 0 saturated carbocycles. The fourth-order valence-electron chi connectivity index (χ4n) is 4.05. The van der Waals surface area contributed by atoms with Crippen LogP contribution in [0.2, 0.25) is 10.0 Å². The maximum Gasteiger partial charge on any atom is 0.306 e. The van der Waals surface area contributed by atoms with E-state index in [-0.39, 0.29) is 22.6 Å². The van der Waals surface area contributed by atoms with Crippen LogP contribution in [0, 0.1) is 0 Å². The second-order valence-corrected chi connectivity index (χ2v) is 10.2. The predicted molar refractivity (Wildman–Crippen MR) is 127 cm³/mol. The number of sulfonamides is 1. The maximum absolute atomic E-state index is 13.8. The number of esters is 1. The number of ether oxygens (including phenoxy) is 1. The van der Waals surface area contributed by atoms with Crippen molar-refractivity contribution >= 4 is 50.7 Å². The van der Waals surface area contributed by atoms with Gasteiger partial charge in [0, 0.05) is 21.5 Å². The molecule has 9 heteroatoms. The van der Waals surface area contributed by atoms with Gasteiger partial charge in [-0.05, 0) is 54.1 Å². The Morgan fingerprint density at radius 2 is 1.58 bits per heavy atom. The number of methoxy groups -OCH3 is 1. The summed E-state index contributed by atoms with van der Waals surface area (Å²) in [6.07, 6.45) is -0.185. The molecule has 0 N–H and O–H groups in total. The number of anilines is 1. The standard InChI is InChI=1S/C24H19Cl2NO5S/c1-32-22(28)14-20-19-12-11-17(26)13-21(19)27(33(30,31)18-5-3-2-4-6-18)23(20)24(29)15-7-9-16(25)10-8-15/h2-13,20,23H,14H2,1H3. The van der Waals surface area contributed by atoms with E-state index in [0.717, 1.165) is 4.31 Å². The Morgan fingerprint density at radius 1 is 0.939 bits per heavy atom. The number of halogens is 2. The van der Waals surface area contributed by atoms with Gasteiger partial charge >= 0.3 is 5.97 Å². The van der Waals surface area contributed by atoms with Gasteiger partial charge in [-0.2, -0.15) is 0 Å². The summed E-state index contributed by atoms with van der Waals surface area (Å²) in [7, 11) is -2.93. The highest BCUT2D eigenvalue weighted by Gasteiger charge is 2.49. The monoisotopic (exact) mass is 503 g/mol. The first-order valence-electron chi connectivity index (χ1n) is 9.99. The Kier molecular flexibility index (Phi) is 6.47. The van der Waals surface area contributed by atoms with E-state index in [1.54, 1.807) is 42.5 Å². The third kappa shape index (κ3) is 4.36. The van der Waals surface area contributed by atoms with Crippen LogP contribution in [0.3, 0.4) is 0 Å². The van der Waals surface area contributed by atoms with E-state index in [1.165, 1.54) is 37.4 Å². The first kappa shape index (κ1) is 23.3. The number of Topliss-reactive ketones (excluding diaryl/α,β-unsaturated/α-hetero) is 1. The van der Waals surface area contributed by atoms with Crippen molar-refractivity contribution in [2.75, 3.05) is 11.4 Å². The van der Waals surface area contributed by atoms with E-state index < -0.39 is 33.7 Å². The zero-order chi connectivity index (χ0) is 23.8. The molecule has 1 aliphatic heterocycles. The fourth-order valence-corrected chi connectivity index (χ4v) is 6.03. The van der Waals surface area contributed by atoms with Crippen LogP contribution in [-0.4, -0.2) is 33.3 Å². The fraction of sp³-hybridized carbons (Fsp3) is 0.167. The van der Waals surface area contributed by atoms with Crippen molar-refractivity contribution in [2.24, 2.45) is 0 Å². The lowest BCUT2D eigenvalue weighted by Crippen LogP contribution is -2.45. The van der Waals surface area contributed by atoms with Crippen LogP contribution in [0.5, 0.6) is 0 Å². The highest BCUT2D eigenvalue weighted by atomic mass is 35.5. The van der Waals surface area contributed by atoms with E-state index in [0.29, 0.717) is 15.6 Å². The van der Waals surface area contributed by atoms with Crippen molar-refractivity contribution in [3.05, 3.63) is 94.0 Å². The molecule has 0 aliphatic carbocycles. The maximum atomic E-state index is 13.8. The van der Waals surface area contributed by atoms with Crippen LogP contribution < -0.4 is 4.31 Å². The minimum atomic E-state index is -4.18. The molecule has 0 amide bonds. The van der Waals surface area contributed by atoms with E-state index >= 15 is 0 Å². The molecule has 0 spiro atoms. The van der Waals surface area contributed by atoms with Gasteiger partial charge in [0.15, 0.2) is 5.78 Å². The van der Waals surface area contributed by atoms with Gasteiger partial charge in [0.2, 0.25) is 0 Å². The van der Waals surface area contributed by atoms with Crippen molar-refractivity contribution in [3.8, 4) is 0 Å². The molecule has 0 fully saturated rings. The SMILES string of the molecule is COC(=O)CC1c2ccc(Cl)cc2N(S(=O)(=O)c2ccccc2)C1C(=O)c1ccc(Cl)cc1. The van der Waals surface area contributed by atoms with Gasteiger partial charge in [-0.15, -0.1) is 0 Å². The summed E-state index contributed by atoms with van der Waals surface area (Å²) in [5.74, 6) is -1.80. The summed E-state index contributed by atoms with van der Waals surface area (Å²) in [4.78, 5) is 26.0. The number of fused-ring (bicyclic) bond motifs is 1. The minimum Gasteiger partial charge on any atom is -0.469 e. The number of rotatable bonds is 6. The summed E-state index contributed by atoms with van der Waals surface area (Å²) < 4.78 is 33.5. The molecule has 1 heterocycles. The molecule has 0 aromatic heterocycles. The molecule has 3 aromatic carbocycles. The van der Waals surface area contributed by atoms with Gasteiger partial charge in [0.05, 0.1) is 24.1 Å². The normalized spacial score (nSPS) is 17.5. The highest BCUT2D eigenvalue weighted by Crippen LogP contribution is 2.47. The number of benzene rings is 3. The van der Waals surface area contributed by atoms with E-state index in [1.807, 2.05) is 0 Å². The summed E-state index contributed by atoms with van der Waals surface area (Å²) in [6.45, 7) is 0. The van der Waals surface area contributed by atoms with Crippen LogP contribution >= 0.6 is 23.2 Å². The van der Waals surface area contributed by atoms with Gasteiger partial charge in [-0.25, -0.2) is 8.42 Å². The average molecular weight is 504 g/mol. The molecule has 170 valence electrons. The summed E-state index contributed by atoms with van der Waals surface area (Å²) in [6, 6.07) is 17.5. The Hall–Kier alpha value is -2.87. The molecule has 0 saturated heterocycles. The summed E-state index contributed by atoms with van der Waals surface area (Å²) in [5.41, 5.74) is 1.05. The number of hydrogen-bond donors (Lipinski definition) is 0. The van der Waals surface area contributed by atoms with Crippen LogP contribution in [0.15, 0.2) is 77.7 Å². The summed E-state index contributed by atoms with van der Waals surface area (Å²) >= 11 is 12.2. The Balaban J connectivity index is 1.94. The Morgan fingerprint density at radius 3 is 2.21 bits per heavy atom. The van der Waals surface area contributed by atoms with Gasteiger partial charge in [-0.3, -0.25) is 13.9 Å². The molecular weight excluding hydrogens is 485 g/mol. The molecular formula is C24H19Cl2NO5S. The largest absolute Gasteiger partial charge is 0.469 e. The van der Waals surface area contributed by atoms with Crippen molar-refractivity contribution in [1.82, 2.24) is 0 Å². The van der Waals surface area contributed by atoms with Crippen LogP contribution in [0.25, 0.3) is 0 Å². The predicted octanol–water partition coefficient (Wildman–Crippen LogP) is 5.10. The van der Waals surface area contributed by atoms with Crippen molar-refractivity contribution in [3.63, 3.8) is 0 Å². The van der Waals surface area contributed by atoms with Gasteiger partial charge in [0.1, 0.15) is 6.04 Å². The molecule has 0 bridgehead atoms. The molecule has 2 atom stereocenters. The van der Waals surface area contributed by atoms with Crippen molar-refractivity contribution < 1.29 is 22.7 Å². The van der Waals surface area contributed by atoms with Crippen molar-refractivity contribution in [1.29, 1.82) is 0 Å². The zero-order valence-electron chi connectivity index (χ0n) is 17.4. The number of hydrogen-bond acceptors (Lipinski definition) is 5. The Labute approximate surface area is 201 Å². The van der Waals surface area contributed by atoms with Gasteiger partial charge in [-0.1, -0.05) is 47.5 Å². The lowest BCUT2D eigenvalue weighted by atomic mass is 9.87. The van der Waals surface area contributed by atoms with Gasteiger partial charge in [0.25, 0.3) is 10.0 Å². The lowest BCUT2D eigenvalue weighted by Gasteiger charge is -2.28. The molecule has 0 radical (unpaired) electrons. The lowest BCUT2D eigenvalue weighted by molar-refractivity contribution is -0.141. The number of carbonyl (C=O) groups excluding carboxylic acids is 2. The van der Waals surface area contributed by atoms with Crippen LogP contribution in [0.1, 0.15) is 28.3 Å². The van der Waals surface area contributed by atoms with E-state index in [4.69, 9.17) is 27.9 Å². The molecule has 1 aliphatic rings. The number of ketones is 1. The minimum absolute atomic E-state index is 0.0172.